The Morgan fingerprint density at radius 1 is 1.50 bits per heavy atom. The van der Waals surface area contributed by atoms with E-state index >= 15 is 0 Å². The minimum Gasteiger partial charge on any atom is -0.477 e. The van der Waals surface area contributed by atoms with Gasteiger partial charge in [0, 0.05) is 6.61 Å². The summed E-state index contributed by atoms with van der Waals surface area (Å²) in [6.45, 7) is 0.715. The number of pyridine rings is 1. The molecule has 1 atom stereocenters. The van der Waals surface area contributed by atoms with E-state index in [1.807, 2.05) is 0 Å². The lowest BCUT2D eigenvalue weighted by Crippen LogP contribution is -2.19. The second-order valence-electron chi connectivity index (χ2n) is 4.12. The Morgan fingerprint density at radius 3 is 2.89 bits per heavy atom. The van der Waals surface area contributed by atoms with Crippen LogP contribution in [0, 0.1) is 0 Å². The Labute approximate surface area is 104 Å². The van der Waals surface area contributed by atoms with Crippen LogP contribution in [-0.2, 0) is 9.53 Å². The zero-order chi connectivity index (χ0) is 13.0. The van der Waals surface area contributed by atoms with Gasteiger partial charge in [-0.15, -0.1) is 0 Å². The molecule has 1 aromatic rings. The summed E-state index contributed by atoms with van der Waals surface area (Å²) in [4.78, 5) is 26.0. The standard InChI is InChI=1S/C12H14N2O4/c15-11(6-9-2-1-5-18-9)14-8-3-4-10(12(16)17)13-7-8/h3-4,7,9H,1-2,5-6H2,(H,14,15)(H,16,17). The second-order valence-corrected chi connectivity index (χ2v) is 4.12. The predicted molar refractivity (Wildman–Crippen MR) is 63.4 cm³/mol. The number of amides is 1. The topological polar surface area (TPSA) is 88.5 Å². The van der Waals surface area contributed by atoms with Crippen molar-refractivity contribution in [1.29, 1.82) is 0 Å². The summed E-state index contributed by atoms with van der Waals surface area (Å²) in [5.74, 6) is -1.24. The summed E-state index contributed by atoms with van der Waals surface area (Å²) in [5, 5.41) is 11.3. The number of carbonyl (C=O) groups is 2. The highest BCUT2D eigenvalue weighted by Gasteiger charge is 2.19. The average molecular weight is 250 g/mol. The third kappa shape index (κ3) is 3.27. The smallest absolute Gasteiger partial charge is 0.354 e. The number of ether oxygens (including phenoxy) is 1. The average Bonchev–Trinajstić information content (AvgIpc) is 2.82. The van der Waals surface area contributed by atoms with Gasteiger partial charge >= 0.3 is 5.97 Å². The molecule has 1 aromatic heterocycles. The molecule has 6 heteroatoms. The lowest BCUT2D eigenvalue weighted by molar-refractivity contribution is -0.118. The zero-order valence-corrected chi connectivity index (χ0v) is 9.76. The summed E-state index contributed by atoms with van der Waals surface area (Å²) >= 11 is 0. The van der Waals surface area contributed by atoms with Gasteiger partial charge < -0.3 is 15.2 Å². The van der Waals surface area contributed by atoms with E-state index in [-0.39, 0.29) is 17.7 Å². The van der Waals surface area contributed by atoms with Crippen LogP contribution in [0.25, 0.3) is 0 Å². The first kappa shape index (κ1) is 12.5. The van der Waals surface area contributed by atoms with Crippen LogP contribution in [0.3, 0.4) is 0 Å². The van der Waals surface area contributed by atoms with E-state index < -0.39 is 5.97 Å². The molecule has 18 heavy (non-hydrogen) atoms. The molecule has 2 rings (SSSR count). The zero-order valence-electron chi connectivity index (χ0n) is 9.76. The Hall–Kier alpha value is -1.95. The quantitative estimate of drug-likeness (QED) is 0.840. The fourth-order valence-electron chi connectivity index (χ4n) is 1.82. The number of hydrogen-bond donors (Lipinski definition) is 2. The maximum absolute atomic E-state index is 11.7. The molecular formula is C12H14N2O4. The lowest BCUT2D eigenvalue weighted by Gasteiger charge is -2.09. The van der Waals surface area contributed by atoms with Crippen molar-refractivity contribution in [3.05, 3.63) is 24.0 Å². The fraction of sp³-hybridized carbons (Fsp3) is 0.417. The SMILES string of the molecule is O=C(CC1CCCO1)Nc1ccc(C(=O)O)nc1. The molecule has 1 amide bonds. The van der Waals surface area contributed by atoms with Crippen molar-refractivity contribution in [3.63, 3.8) is 0 Å². The summed E-state index contributed by atoms with van der Waals surface area (Å²) in [7, 11) is 0. The van der Waals surface area contributed by atoms with Crippen LogP contribution in [0.2, 0.25) is 0 Å². The molecule has 1 fully saturated rings. The van der Waals surface area contributed by atoms with Gasteiger partial charge in [0.15, 0.2) is 0 Å². The first-order valence-corrected chi connectivity index (χ1v) is 5.76. The summed E-state index contributed by atoms with van der Waals surface area (Å²) < 4.78 is 5.36. The highest BCUT2D eigenvalue weighted by atomic mass is 16.5. The molecule has 6 nitrogen and oxygen atoms in total. The number of nitrogens with zero attached hydrogens (tertiary/aromatic N) is 1. The van der Waals surface area contributed by atoms with Gasteiger partial charge in [0.2, 0.25) is 5.91 Å². The van der Waals surface area contributed by atoms with E-state index in [4.69, 9.17) is 9.84 Å². The molecule has 0 aromatic carbocycles. The van der Waals surface area contributed by atoms with E-state index in [2.05, 4.69) is 10.3 Å². The number of carbonyl (C=O) groups excluding carboxylic acids is 1. The number of carboxylic acid groups (broad SMARTS) is 1. The van der Waals surface area contributed by atoms with Crippen LogP contribution in [0.1, 0.15) is 29.8 Å². The molecule has 0 saturated carbocycles. The van der Waals surface area contributed by atoms with E-state index in [9.17, 15) is 9.59 Å². The third-order valence-corrected chi connectivity index (χ3v) is 2.70. The highest BCUT2D eigenvalue weighted by Crippen LogP contribution is 2.16. The number of aromatic carboxylic acids is 1. The van der Waals surface area contributed by atoms with E-state index in [0.29, 0.717) is 18.7 Å². The maximum atomic E-state index is 11.7. The molecule has 1 aliphatic rings. The van der Waals surface area contributed by atoms with Crippen molar-refractivity contribution in [2.75, 3.05) is 11.9 Å². The Morgan fingerprint density at radius 2 is 2.33 bits per heavy atom. The van der Waals surface area contributed by atoms with Crippen LogP contribution in [0.4, 0.5) is 5.69 Å². The number of anilines is 1. The Kier molecular flexibility index (Phi) is 3.88. The summed E-state index contributed by atoms with van der Waals surface area (Å²) in [5.41, 5.74) is 0.440. The minimum atomic E-state index is -1.09. The van der Waals surface area contributed by atoms with Gasteiger partial charge in [-0.2, -0.15) is 0 Å². The molecule has 1 saturated heterocycles. The highest BCUT2D eigenvalue weighted by molar-refractivity contribution is 5.91. The number of nitrogens with one attached hydrogen (secondary N) is 1. The van der Waals surface area contributed by atoms with Gasteiger partial charge in [0.1, 0.15) is 5.69 Å². The fourth-order valence-corrected chi connectivity index (χ4v) is 1.82. The minimum absolute atomic E-state index is 0.00347. The summed E-state index contributed by atoms with van der Waals surface area (Å²) in [6.07, 6.45) is 3.55. The Balaban J connectivity index is 1.88. The lowest BCUT2D eigenvalue weighted by atomic mass is 10.2. The second kappa shape index (κ2) is 5.59. The first-order chi connectivity index (χ1) is 8.65. The molecule has 0 spiro atoms. The van der Waals surface area contributed by atoms with Crippen LogP contribution in [0.5, 0.6) is 0 Å². The molecule has 1 unspecified atom stereocenters. The number of aromatic nitrogens is 1. The van der Waals surface area contributed by atoms with Crippen LogP contribution in [0.15, 0.2) is 18.3 Å². The van der Waals surface area contributed by atoms with E-state index in [1.54, 1.807) is 0 Å². The van der Waals surface area contributed by atoms with Crippen molar-refractivity contribution in [2.24, 2.45) is 0 Å². The molecule has 0 aliphatic carbocycles. The van der Waals surface area contributed by atoms with Crippen molar-refractivity contribution >= 4 is 17.6 Å². The molecule has 2 N–H and O–H groups in total. The van der Waals surface area contributed by atoms with Crippen LogP contribution >= 0.6 is 0 Å². The van der Waals surface area contributed by atoms with Gasteiger partial charge in [0.05, 0.1) is 24.4 Å². The van der Waals surface area contributed by atoms with Crippen molar-refractivity contribution in [1.82, 2.24) is 4.98 Å². The van der Waals surface area contributed by atoms with Crippen molar-refractivity contribution < 1.29 is 19.4 Å². The number of carboxylic acids is 1. The molecule has 0 bridgehead atoms. The third-order valence-electron chi connectivity index (χ3n) is 2.70. The number of hydrogen-bond acceptors (Lipinski definition) is 4. The largest absolute Gasteiger partial charge is 0.477 e. The molecule has 96 valence electrons. The summed E-state index contributed by atoms with van der Waals surface area (Å²) in [6, 6.07) is 2.87. The molecule has 0 radical (unpaired) electrons. The Bertz CT molecular complexity index is 438. The molecule has 2 heterocycles. The monoisotopic (exact) mass is 250 g/mol. The van der Waals surface area contributed by atoms with Gasteiger partial charge in [-0.3, -0.25) is 4.79 Å². The van der Waals surface area contributed by atoms with Crippen molar-refractivity contribution in [3.8, 4) is 0 Å². The predicted octanol–water partition coefficient (Wildman–Crippen LogP) is 1.29. The van der Waals surface area contributed by atoms with E-state index in [0.717, 1.165) is 12.8 Å². The molecular weight excluding hydrogens is 236 g/mol. The molecule has 1 aliphatic heterocycles. The van der Waals surface area contributed by atoms with Crippen LogP contribution < -0.4 is 5.32 Å². The van der Waals surface area contributed by atoms with E-state index in [1.165, 1.54) is 18.3 Å². The van der Waals surface area contributed by atoms with Gasteiger partial charge in [0.25, 0.3) is 0 Å². The van der Waals surface area contributed by atoms with Gasteiger partial charge in [-0.25, -0.2) is 9.78 Å². The number of rotatable bonds is 4. The first-order valence-electron chi connectivity index (χ1n) is 5.76. The van der Waals surface area contributed by atoms with Gasteiger partial charge in [-0.05, 0) is 25.0 Å². The van der Waals surface area contributed by atoms with Crippen molar-refractivity contribution in [2.45, 2.75) is 25.4 Å². The maximum Gasteiger partial charge on any atom is 0.354 e. The van der Waals surface area contributed by atoms with Gasteiger partial charge in [-0.1, -0.05) is 0 Å². The van der Waals surface area contributed by atoms with Crippen LogP contribution in [-0.4, -0.2) is 34.7 Å². The normalized spacial score (nSPS) is 18.6.